The molecule has 2 aromatic carbocycles. The zero-order chi connectivity index (χ0) is 17.9. The molecule has 5 nitrogen and oxygen atoms in total. The molecule has 3 rings (SSSR count). The Labute approximate surface area is 160 Å². The van der Waals surface area contributed by atoms with Crippen LogP contribution in [0.2, 0.25) is 0 Å². The van der Waals surface area contributed by atoms with Crippen LogP contribution in [0.1, 0.15) is 28.8 Å². The fourth-order valence-corrected chi connectivity index (χ4v) is 4.60. The highest BCUT2D eigenvalue weighted by molar-refractivity contribution is 7.90. The summed E-state index contributed by atoms with van der Waals surface area (Å²) < 4.78 is 25.3. The number of sulfone groups is 1. The number of rotatable bonds is 5. The second-order valence-corrected chi connectivity index (χ2v) is 8.29. The third kappa shape index (κ3) is 4.44. The Balaban J connectivity index is 0.00000243. The highest BCUT2D eigenvalue weighted by Gasteiger charge is 2.29. The summed E-state index contributed by atoms with van der Waals surface area (Å²) in [5.74, 6) is -0.231. The van der Waals surface area contributed by atoms with Crippen LogP contribution in [0.4, 0.5) is 0 Å². The monoisotopic (exact) mass is 394 g/mol. The summed E-state index contributed by atoms with van der Waals surface area (Å²) in [5.41, 5.74) is 6.86. The predicted molar refractivity (Wildman–Crippen MR) is 104 cm³/mol. The van der Waals surface area contributed by atoms with Crippen molar-refractivity contribution >= 4 is 28.2 Å². The molecule has 2 N–H and O–H groups in total. The van der Waals surface area contributed by atoms with E-state index in [4.69, 9.17) is 5.73 Å². The molecule has 1 heterocycles. The number of amides is 1. The molecule has 0 aromatic heterocycles. The van der Waals surface area contributed by atoms with Crippen molar-refractivity contribution in [1.82, 2.24) is 4.90 Å². The van der Waals surface area contributed by atoms with Crippen molar-refractivity contribution in [2.75, 3.05) is 13.1 Å². The number of halogens is 1. The van der Waals surface area contributed by atoms with E-state index in [0.29, 0.717) is 18.7 Å². The zero-order valence-electron chi connectivity index (χ0n) is 14.4. The molecular weight excluding hydrogens is 372 g/mol. The largest absolute Gasteiger partial charge is 0.334 e. The molecule has 140 valence electrons. The average molecular weight is 395 g/mol. The van der Waals surface area contributed by atoms with Gasteiger partial charge in [0.2, 0.25) is 0 Å². The zero-order valence-corrected chi connectivity index (χ0v) is 16.0. The summed E-state index contributed by atoms with van der Waals surface area (Å²) in [4.78, 5) is 14.7. The molecule has 0 bridgehead atoms. The van der Waals surface area contributed by atoms with Gasteiger partial charge in [0.1, 0.15) is 0 Å². The smallest absolute Gasteiger partial charge is 0.254 e. The molecule has 1 fully saturated rings. The Morgan fingerprint density at radius 3 is 2.54 bits per heavy atom. The van der Waals surface area contributed by atoms with Gasteiger partial charge in [0.25, 0.3) is 5.91 Å². The number of carbonyl (C=O) groups is 1. The average Bonchev–Trinajstić information content (AvgIpc) is 3.10. The van der Waals surface area contributed by atoms with Gasteiger partial charge in [0.15, 0.2) is 9.84 Å². The number of likely N-dealkylation sites (tertiary alicyclic amines) is 1. The van der Waals surface area contributed by atoms with Crippen LogP contribution in [0.3, 0.4) is 0 Å². The number of carbonyl (C=O) groups excluding carboxylic acids is 1. The standard InChI is InChI=1S/C19H22N2O3S.ClH/c20-13-17-9-5-11-21(17)19(22)16-8-4-10-18(12-16)25(23,24)14-15-6-2-1-3-7-15;/h1-4,6-8,10,12,17H,5,9,11,13-14,20H2;1H. The quantitative estimate of drug-likeness (QED) is 0.845. The molecule has 0 spiro atoms. The first-order valence-corrected chi connectivity index (χ1v) is 10.0. The number of hydrogen-bond acceptors (Lipinski definition) is 4. The summed E-state index contributed by atoms with van der Waals surface area (Å²) in [5, 5.41) is 0. The van der Waals surface area contributed by atoms with Crippen LogP contribution in [-0.4, -0.2) is 38.4 Å². The van der Waals surface area contributed by atoms with Crippen molar-refractivity contribution in [2.24, 2.45) is 5.73 Å². The summed E-state index contributed by atoms with van der Waals surface area (Å²) in [6.45, 7) is 1.10. The van der Waals surface area contributed by atoms with E-state index in [-0.39, 0.29) is 35.0 Å². The maximum Gasteiger partial charge on any atom is 0.254 e. The summed E-state index contributed by atoms with van der Waals surface area (Å²) in [6.07, 6.45) is 1.83. The minimum absolute atomic E-state index is 0. The Morgan fingerprint density at radius 2 is 1.85 bits per heavy atom. The van der Waals surface area contributed by atoms with E-state index >= 15 is 0 Å². The fourth-order valence-electron chi connectivity index (χ4n) is 3.21. The van der Waals surface area contributed by atoms with Crippen molar-refractivity contribution in [1.29, 1.82) is 0 Å². The fraction of sp³-hybridized carbons (Fsp3) is 0.316. The van der Waals surface area contributed by atoms with Crippen molar-refractivity contribution in [2.45, 2.75) is 29.5 Å². The van der Waals surface area contributed by atoms with Crippen LogP contribution in [-0.2, 0) is 15.6 Å². The lowest BCUT2D eigenvalue weighted by molar-refractivity contribution is 0.0741. The van der Waals surface area contributed by atoms with Gasteiger partial charge in [-0.3, -0.25) is 4.79 Å². The second-order valence-electron chi connectivity index (χ2n) is 6.30. The van der Waals surface area contributed by atoms with E-state index in [0.717, 1.165) is 18.4 Å². The van der Waals surface area contributed by atoms with E-state index < -0.39 is 9.84 Å². The van der Waals surface area contributed by atoms with Gasteiger partial charge in [-0.25, -0.2) is 8.42 Å². The third-order valence-corrected chi connectivity index (χ3v) is 6.24. The van der Waals surface area contributed by atoms with E-state index in [9.17, 15) is 13.2 Å². The van der Waals surface area contributed by atoms with Gasteiger partial charge < -0.3 is 10.6 Å². The lowest BCUT2D eigenvalue weighted by atomic mass is 10.1. The molecule has 26 heavy (non-hydrogen) atoms. The highest BCUT2D eigenvalue weighted by Crippen LogP contribution is 2.22. The van der Waals surface area contributed by atoms with Crippen molar-refractivity contribution in [3.05, 3.63) is 65.7 Å². The minimum atomic E-state index is -3.51. The molecule has 7 heteroatoms. The lowest BCUT2D eigenvalue weighted by Crippen LogP contribution is -2.39. The Kier molecular flexibility index (Phi) is 6.81. The molecule has 1 saturated heterocycles. The molecule has 1 aliphatic heterocycles. The molecule has 1 aliphatic rings. The van der Waals surface area contributed by atoms with Gasteiger partial charge in [-0.05, 0) is 36.6 Å². The molecule has 0 aliphatic carbocycles. The molecule has 2 aromatic rings. The van der Waals surface area contributed by atoms with Crippen LogP contribution < -0.4 is 5.73 Å². The van der Waals surface area contributed by atoms with Gasteiger partial charge in [0.05, 0.1) is 10.6 Å². The van der Waals surface area contributed by atoms with Gasteiger partial charge in [-0.1, -0.05) is 36.4 Å². The van der Waals surface area contributed by atoms with Crippen LogP contribution in [0.5, 0.6) is 0 Å². The van der Waals surface area contributed by atoms with Gasteiger partial charge in [-0.15, -0.1) is 12.4 Å². The van der Waals surface area contributed by atoms with Crippen LogP contribution >= 0.6 is 12.4 Å². The number of hydrogen-bond donors (Lipinski definition) is 1. The number of nitrogens with two attached hydrogens (primary N) is 1. The van der Waals surface area contributed by atoms with Gasteiger partial charge in [-0.2, -0.15) is 0 Å². The Hall–Kier alpha value is -1.89. The van der Waals surface area contributed by atoms with Gasteiger partial charge in [0, 0.05) is 24.7 Å². The van der Waals surface area contributed by atoms with Crippen LogP contribution in [0.25, 0.3) is 0 Å². The van der Waals surface area contributed by atoms with Crippen molar-refractivity contribution in [3.8, 4) is 0 Å². The van der Waals surface area contributed by atoms with Crippen molar-refractivity contribution in [3.63, 3.8) is 0 Å². The number of benzene rings is 2. The molecule has 0 radical (unpaired) electrons. The third-order valence-electron chi connectivity index (χ3n) is 4.55. The van der Waals surface area contributed by atoms with E-state index in [2.05, 4.69) is 0 Å². The summed E-state index contributed by atoms with van der Waals surface area (Å²) in [6, 6.07) is 15.4. The number of nitrogens with zero attached hydrogens (tertiary/aromatic N) is 1. The molecule has 1 atom stereocenters. The highest BCUT2D eigenvalue weighted by atomic mass is 35.5. The molecule has 1 unspecified atom stereocenters. The van der Waals surface area contributed by atoms with E-state index in [1.54, 1.807) is 35.2 Å². The van der Waals surface area contributed by atoms with Gasteiger partial charge >= 0.3 is 0 Å². The maximum absolute atomic E-state index is 12.7. The summed E-state index contributed by atoms with van der Waals surface area (Å²) >= 11 is 0. The molecule has 1 amide bonds. The van der Waals surface area contributed by atoms with E-state index in [1.165, 1.54) is 6.07 Å². The normalized spacial score (nSPS) is 17.0. The first-order chi connectivity index (χ1) is 12.0. The Morgan fingerprint density at radius 1 is 1.12 bits per heavy atom. The predicted octanol–water partition coefficient (Wildman–Crippen LogP) is 2.65. The maximum atomic E-state index is 12.7. The van der Waals surface area contributed by atoms with Crippen LogP contribution in [0.15, 0.2) is 59.5 Å². The minimum Gasteiger partial charge on any atom is -0.334 e. The summed E-state index contributed by atoms with van der Waals surface area (Å²) in [7, 11) is -3.51. The topological polar surface area (TPSA) is 80.5 Å². The van der Waals surface area contributed by atoms with Crippen LogP contribution in [0, 0.1) is 0 Å². The second kappa shape index (κ2) is 8.66. The Bertz CT molecular complexity index is 856. The molecular formula is C19H23ClN2O3S. The first-order valence-electron chi connectivity index (χ1n) is 8.39. The SMILES string of the molecule is Cl.NCC1CCCN1C(=O)c1cccc(S(=O)(=O)Cc2ccccc2)c1. The molecule has 0 saturated carbocycles. The lowest BCUT2D eigenvalue weighted by Gasteiger charge is -2.23. The first kappa shape index (κ1) is 20.4. The van der Waals surface area contributed by atoms with Crippen molar-refractivity contribution < 1.29 is 13.2 Å². The van der Waals surface area contributed by atoms with E-state index in [1.807, 2.05) is 18.2 Å².